The van der Waals surface area contributed by atoms with Gasteiger partial charge in [-0.15, -0.1) is 0 Å². The molecule has 1 aliphatic rings. The molecule has 3 aromatic rings. The van der Waals surface area contributed by atoms with E-state index in [1.807, 2.05) is 13.8 Å². The van der Waals surface area contributed by atoms with Gasteiger partial charge in [-0.25, -0.2) is 17.6 Å². The quantitative estimate of drug-likeness (QED) is 0.282. The third-order valence-corrected chi connectivity index (χ3v) is 9.65. The van der Waals surface area contributed by atoms with Crippen LogP contribution in [0.15, 0.2) is 77.7 Å². The molecule has 4 rings (SSSR count). The number of fused-ring (bicyclic) bond motifs is 1. The summed E-state index contributed by atoms with van der Waals surface area (Å²) in [5.74, 6) is -0.854. The van der Waals surface area contributed by atoms with Crippen LogP contribution in [0.3, 0.4) is 0 Å². The van der Waals surface area contributed by atoms with Gasteiger partial charge in [-0.05, 0) is 87.7 Å². The van der Waals surface area contributed by atoms with E-state index in [0.717, 1.165) is 12.8 Å². The molecule has 0 unspecified atom stereocenters. The van der Waals surface area contributed by atoms with Crippen LogP contribution in [0.5, 0.6) is 5.75 Å². The lowest BCUT2D eigenvalue weighted by Gasteiger charge is -2.35. The van der Waals surface area contributed by atoms with Crippen LogP contribution in [-0.2, 0) is 14.8 Å². The molecule has 13 heteroatoms. The van der Waals surface area contributed by atoms with Crippen molar-refractivity contribution in [3.63, 3.8) is 0 Å². The molecular weight excluding hydrogens is 639 g/mol. The number of hydrogen-bond donors (Lipinski definition) is 3. The van der Waals surface area contributed by atoms with Gasteiger partial charge in [0.25, 0.3) is 15.9 Å². The predicted octanol–water partition coefficient (Wildman–Crippen LogP) is 5.59. The fourth-order valence-corrected chi connectivity index (χ4v) is 6.44. The molecule has 4 atom stereocenters. The number of carbonyl (C=O) groups excluding carboxylic acids is 2. The smallest absolute Gasteiger partial charge is 0.321 e. The Kier molecular flexibility index (Phi) is 12.8. The molecule has 0 saturated heterocycles. The van der Waals surface area contributed by atoms with Crippen LogP contribution in [0.1, 0.15) is 50.4 Å². The zero-order valence-electron chi connectivity index (χ0n) is 27.8. The van der Waals surface area contributed by atoms with Gasteiger partial charge in [0, 0.05) is 44.0 Å². The van der Waals surface area contributed by atoms with Crippen LogP contribution in [-0.4, -0.2) is 86.9 Å². The second kappa shape index (κ2) is 16.8. The normalized spacial score (nSPS) is 20.1. The first-order valence-corrected chi connectivity index (χ1v) is 17.6. The maximum atomic E-state index is 14.3. The molecular formula is C35H45FN4O7S. The van der Waals surface area contributed by atoms with E-state index < -0.39 is 39.9 Å². The van der Waals surface area contributed by atoms with Crippen molar-refractivity contribution in [2.45, 2.75) is 63.2 Å². The predicted molar refractivity (Wildman–Crippen MR) is 182 cm³/mol. The van der Waals surface area contributed by atoms with Gasteiger partial charge >= 0.3 is 6.03 Å². The molecule has 0 spiro atoms. The van der Waals surface area contributed by atoms with Crippen molar-refractivity contribution in [3.05, 3.63) is 84.2 Å². The number of nitrogens with zero attached hydrogens (tertiary/aromatic N) is 2. The summed E-state index contributed by atoms with van der Waals surface area (Å²) >= 11 is 0. The van der Waals surface area contributed by atoms with Crippen molar-refractivity contribution in [1.82, 2.24) is 9.80 Å². The SMILES string of the molecule is C[C@H](CO)N1C[C@H](C)[C@H](CN(C)C(=O)Nc2ccc(F)cc2)OCCCC[C@H](C)Oc2ccc(NS(=O)(=O)c3ccccc3)cc2C1=O. The van der Waals surface area contributed by atoms with Crippen molar-refractivity contribution in [2.24, 2.45) is 5.92 Å². The number of aliphatic hydroxyl groups is 1. The molecule has 0 saturated carbocycles. The number of anilines is 2. The van der Waals surface area contributed by atoms with Crippen molar-refractivity contribution in [1.29, 1.82) is 0 Å². The molecule has 0 fully saturated rings. The highest BCUT2D eigenvalue weighted by atomic mass is 32.2. The number of aliphatic hydroxyl groups excluding tert-OH is 1. The number of benzene rings is 3. The average molecular weight is 685 g/mol. The molecule has 3 amide bonds. The van der Waals surface area contributed by atoms with Crippen LogP contribution in [0.25, 0.3) is 0 Å². The van der Waals surface area contributed by atoms with Gasteiger partial charge in [0.15, 0.2) is 0 Å². The lowest BCUT2D eigenvalue weighted by Crippen LogP contribution is -2.48. The van der Waals surface area contributed by atoms with Crippen LogP contribution in [0.2, 0.25) is 0 Å². The Morgan fingerprint density at radius 1 is 1.06 bits per heavy atom. The zero-order valence-corrected chi connectivity index (χ0v) is 28.6. The van der Waals surface area contributed by atoms with Crippen molar-refractivity contribution >= 4 is 33.3 Å². The maximum absolute atomic E-state index is 14.3. The van der Waals surface area contributed by atoms with E-state index in [9.17, 15) is 27.5 Å². The number of sulfonamides is 1. The Bertz CT molecular complexity index is 1630. The van der Waals surface area contributed by atoms with Gasteiger partial charge in [-0.1, -0.05) is 25.1 Å². The van der Waals surface area contributed by atoms with Crippen molar-refractivity contribution in [2.75, 3.05) is 43.4 Å². The summed E-state index contributed by atoms with van der Waals surface area (Å²) in [6.07, 6.45) is 1.47. The summed E-state index contributed by atoms with van der Waals surface area (Å²) in [4.78, 5) is 30.4. The van der Waals surface area contributed by atoms with Gasteiger partial charge in [0.2, 0.25) is 0 Å². The molecule has 0 aromatic heterocycles. The zero-order chi connectivity index (χ0) is 34.8. The molecule has 0 radical (unpaired) electrons. The third kappa shape index (κ3) is 9.91. The number of halogens is 1. The fourth-order valence-electron chi connectivity index (χ4n) is 5.37. The lowest BCUT2D eigenvalue weighted by molar-refractivity contribution is -0.0115. The highest BCUT2D eigenvalue weighted by Gasteiger charge is 2.31. The van der Waals surface area contributed by atoms with E-state index in [4.69, 9.17) is 9.47 Å². The minimum Gasteiger partial charge on any atom is -0.490 e. The molecule has 11 nitrogen and oxygen atoms in total. The number of amides is 3. The van der Waals surface area contributed by atoms with Gasteiger partial charge < -0.3 is 29.7 Å². The highest BCUT2D eigenvalue weighted by Crippen LogP contribution is 2.29. The standard InChI is InChI=1S/C35H45FN4O7S/c1-24-21-40(25(2)23-41)34(42)31-20-29(38-48(44,45)30-11-6-5-7-12-30)17-18-32(31)47-26(3)10-8-9-19-46-33(24)22-39(4)35(43)37-28-15-13-27(36)14-16-28/h5-7,11-18,20,24-26,33,38,41H,8-10,19,21-23H2,1-4H3,(H,37,43)/t24-,25+,26-,33-/m0/s1. The first-order chi connectivity index (χ1) is 22.9. The maximum Gasteiger partial charge on any atom is 0.321 e. The molecule has 1 heterocycles. The monoisotopic (exact) mass is 684 g/mol. The molecule has 48 heavy (non-hydrogen) atoms. The molecule has 3 N–H and O–H groups in total. The second-order valence-corrected chi connectivity index (χ2v) is 13.9. The van der Waals surface area contributed by atoms with E-state index in [2.05, 4.69) is 10.0 Å². The third-order valence-electron chi connectivity index (χ3n) is 8.25. The Balaban J connectivity index is 1.62. The Labute approximate surface area is 282 Å². The van der Waals surface area contributed by atoms with E-state index in [1.54, 1.807) is 44.3 Å². The minimum atomic E-state index is -3.93. The van der Waals surface area contributed by atoms with Crippen molar-refractivity contribution in [3.8, 4) is 5.75 Å². The Morgan fingerprint density at radius 3 is 2.44 bits per heavy atom. The number of ether oxygens (including phenoxy) is 2. The molecule has 0 bridgehead atoms. The van der Waals surface area contributed by atoms with Gasteiger partial charge in [-0.3, -0.25) is 9.52 Å². The number of urea groups is 1. The van der Waals surface area contributed by atoms with Crippen LogP contribution in [0, 0.1) is 11.7 Å². The lowest BCUT2D eigenvalue weighted by atomic mass is 10.0. The topological polar surface area (TPSA) is 138 Å². The summed E-state index contributed by atoms with van der Waals surface area (Å²) in [5.41, 5.74) is 0.776. The van der Waals surface area contributed by atoms with Gasteiger partial charge in [0.1, 0.15) is 11.6 Å². The van der Waals surface area contributed by atoms with Gasteiger partial charge in [0.05, 0.1) is 35.3 Å². The molecule has 1 aliphatic heterocycles. The second-order valence-electron chi connectivity index (χ2n) is 12.2. The Morgan fingerprint density at radius 2 is 1.75 bits per heavy atom. The molecule has 0 aliphatic carbocycles. The number of hydrogen-bond acceptors (Lipinski definition) is 7. The largest absolute Gasteiger partial charge is 0.490 e. The van der Waals surface area contributed by atoms with E-state index >= 15 is 0 Å². The fraction of sp³-hybridized carbons (Fsp3) is 0.429. The molecule has 3 aromatic carbocycles. The van der Waals surface area contributed by atoms with Crippen LogP contribution in [0.4, 0.5) is 20.6 Å². The molecule has 260 valence electrons. The van der Waals surface area contributed by atoms with Gasteiger partial charge in [-0.2, -0.15) is 0 Å². The van der Waals surface area contributed by atoms with Crippen LogP contribution < -0.4 is 14.8 Å². The first kappa shape index (κ1) is 36.6. The minimum absolute atomic E-state index is 0.0768. The summed E-state index contributed by atoms with van der Waals surface area (Å²) in [7, 11) is -2.30. The van der Waals surface area contributed by atoms with Crippen molar-refractivity contribution < 1.29 is 37.0 Å². The van der Waals surface area contributed by atoms with E-state index in [1.165, 1.54) is 52.3 Å². The number of rotatable bonds is 8. The average Bonchev–Trinajstić information content (AvgIpc) is 3.07. The number of likely N-dealkylation sites (N-methyl/N-ethyl adjacent to an activating group) is 1. The number of carbonyl (C=O) groups is 2. The number of nitrogens with one attached hydrogen (secondary N) is 2. The Hall–Kier alpha value is -4.20. The highest BCUT2D eigenvalue weighted by molar-refractivity contribution is 7.92. The first-order valence-electron chi connectivity index (χ1n) is 16.1. The summed E-state index contributed by atoms with van der Waals surface area (Å²) in [6, 6.07) is 17.0. The summed E-state index contributed by atoms with van der Waals surface area (Å²) in [5, 5.41) is 12.9. The summed E-state index contributed by atoms with van der Waals surface area (Å²) in [6.45, 7) is 6.00. The van der Waals surface area contributed by atoms with Crippen LogP contribution >= 0.6 is 0 Å². The van der Waals surface area contributed by atoms with E-state index in [-0.39, 0.29) is 47.9 Å². The van der Waals surface area contributed by atoms with E-state index in [0.29, 0.717) is 24.5 Å². The summed E-state index contributed by atoms with van der Waals surface area (Å²) < 4.78 is 54.6.